The van der Waals surface area contributed by atoms with E-state index in [0.717, 1.165) is 4.47 Å². The number of pyridine rings is 1. The number of nitrogens with two attached hydrogens (primary N) is 1. The summed E-state index contributed by atoms with van der Waals surface area (Å²) >= 11 is 3.33. The van der Waals surface area contributed by atoms with E-state index in [0.29, 0.717) is 24.5 Å². The molecule has 0 aromatic carbocycles. The second-order valence-corrected chi connectivity index (χ2v) is 4.59. The lowest BCUT2D eigenvalue weighted by molar-refractivity contribution is -0.121. The van der Waals surface area contributed by atoms with Gasteiger partial charge in [0.25, 0.3) is 0 Å². The molecule has 0 fully saturated rings. The number of methoxy groups -OCH3 is 1. The van der Waals surface area contributed by atoms with Gasteiger partial charge in [-0.05, 0) is 22.9 Å². The molecule has 0 radical (unpaired) electrons. The molecule has 7 heteroatoms. The van der Waals surface area contributed by atoms with Crippen molar-refractivity contribution < 1.29 is 9.53 Å². The fourth-order valence-electron chi connectivity index (χ4n) is 1.31. The average Bonchev–Trinajstić information content (AvgIpc) is 2.34. The molecule has 1 rings (SSSR count). The Morgan fingerprint density at radius 2 is 2.33 bits per heavy atom. The lowest BCUT2D eigenvalue weighted by Gasteiger charge is -2.17. The Balaban J connectivity index is 2.58. The van der Waals surface area contributed by atoms with Crippen LogP contribution in [-0.2, 0) is 9.53 Å². The lowest BCUT2D eigenvalue weighted by Crippen LogP contribution is -2.39. The summed E-state index contributed by atoms with van der Waals surface area (Å²) in [5.74, 6) is -0.116. The SMILES string of the molecule is COCCNC(=O)C(C)Nc1c(N)cncc1Br. The molecule has 0 spiro atoms. The molecule has 0 aliphatic rings. The predicted octanol–water partition coefficient (Wildman–Crippen LogP) is 0.989. The molecule has 0 aliphatic carbocycles. The molecule has 0 saturated carbocycles. The monoisotopic (exact) mass is 316 g/mol. The van der Waals surface area contributed by atoms with Crippen LogP contribution in [0.25, 0.3) is 0 Å². The maximum Gasteiger partial charge on any atom is 0.242 e. The first-order valence-electron chi connectivity index (χ1n) is 5.48. The van der Waals surface area contributed by atoms with Crippen molar-refractivity contribution in [3.05, 3.63) is 16.9 Å². The number of ether oxygens (including phenoxy) is 1. The maximum absolute atomic E-state index is 11.7. The number of amides is 1. The highest BCUT2D eigenvalue weighted by molar-refractivity contribution is 9.10. The number of nitrogens with one attached hydrogen (secondary N) is 2. The highest BCUT2D eigenvalue weighted by Crippen LogP contribution is 2.27. The smallest absolute Gasteiger partial charge is 0.242 e. The molecule has 0 saturated heterocycles. The van der Waals surface area contributed by atoms with Crippen molar-refractivity contribution in [3.8, 4) is 0 Å². The Labute approximate surface area is 114 Å². The van der Waals surface area contributed by atoms with Crippen LogP contribution >= 0.6 is 15.9 Å². The quantitative estimate of drug-likeness (QED) is 0.681. The minimum atomic E-state index is -0.400. The Morgan fingerprint density at radius 3 is 2.94 bits per heavy atom. The number of nitrogen functional groups attached to an aromatic ring is 1. The van der Waals surface area contributed by atoms with Gasteiger partial charge in [-0.15, -0.1) is 0 Å². The van der Waals surface area contributed by atoms with Crippen LogP contribution < -0.4 is 16.4 Å². The second-order valence-electron chi connectivity index (χ2n) is 3.74. The predicted molar refractivity (Wildman–Crippen MR) is 74.3 cm³/mol. The van der Waals surface area contributed by atoms with Crippen molar-refractivity contribution in [1.29, 1.82) is 0 Å². The average molecular weight is 317 g/mol. The van der Waals surface area contributed by atoms with E-state index in [1.54, 1.807) is 20.2 Å². The minimum Gasteiger partial charge on any atom is -0.396 e. The van der Waals surface area contributed by atoms with Gasteiger partial charge in [0.2, 0.25) is 5.91 Å². The van der Waals surface area contributed by atoms with Crippen molar-refractivity contribution >= 4 is 33.2 Å². The highest BCUT2D eigenvalue weighted by atomic mass is 79.9. The number of carbonyl (C=O) groups is 1. The van der Waals surface area contributed by atoms with Gasteiger partial charge in [-0.1, -0.05) is 0 Å². The summed E-state index contributed by atoms with van der Waals surface area (Å²) in [5, 5.41) is 5.78. The van der Waals surface area contributed by atoms with Gasteiger partial charge in [-0.2, -0.15) is 0 Å². The van der Waals surface area contributed by atoms with Crippen molar-refractivity contribution in [1.82, 2.24) is 10.3 Å². The van der Waals surface area contributed by atoms with Gasteiger partial charge in [0.15, 0.2) is 0 Å². The molecule has 1 unspecified atom stereocenters. The topological polar surface area (TPSA) is 89.3 Å². The zero-order valence-electron chi connectivity index (χ0n) is 10.4. The molecular weight excluding hydrogens is 300 g/mol. The molecule has 1 aromatic heterocycles. The van der Waals surface area contributed by atoms with Gasteiger partial charge in [-0.3, -0.25) is 9.78 Å². The summed E-state index contributed by atoms with van der Waals surface area (Å²) in [6.07, 6.45) is 3.15. The van der Waals surface area contributed by atoms with E-state index < -0.39 is 6.04 Å². The van der Waals surface area contributed by atoms with Crippen LogP contribution in [0.5, 0.6) is 0 Å². The third kappa shape index (κ3) is 4.15. The Bertz CT molecular complexity index is 394. The number of hydrogen-bond acceptors (Lipinski definition) is 5. The zero-order valence-corrected chi connectivity index (χ0v) is 12.0. The molecule has 0 aliphatic heterocycles. The van der Waals surface area contributed by atoms with Crippen LogP contribution in [0.2, 0.25) is 0 Å². The molecular formula is C11H17BrN4O2. The maximum atomic E-state index is 11.7. The van der Waals surface area contributed by atoms with E-state index in [-0.39, 0.29) is 5.91 Å². The van der Waals surface area contributed by atoms with Crippen LogP contribution in [0.4, 0.5) is 11.4 Å². The second kappa shape index (κ2) is 7.17. The summed E-state index contributed by atoms with van der Waals surface area (Å²) < 4.78 is 5.58. The lowest BCUT2D eigenvalue weighted by atomic mass is 10.2. The van der Waals surface area contributed by atoms with Gasteiger partial charge < -0.3 is 21.1 Å². The van der Waals surface area contributed by atoms with Crippen molar-refractivity contribution in [2.24, 2.45) is 0 Å². The van der Waals surface area contributed by atoms with Gasteiger partial charge in [-0.25, -0.2) is 0 Å². The minimum absolute atomic E-state index is 0.116. The summed E-state index contributed by atoms with van der Waals surface area (Å²) in [6, 6.07) is -0.400. The van der Waals surface area contributed by atoms with Crippen molar-refractivity contribution in [2.75, 3.05) is 31.3 Å². The van der Waals surface area contributed by atoms with Crippen LogP contribution in [0, 0.1) is 0 Å². The molecule has 1 amide bonds. The number of rotatable bonds is 6. The number of halogens is 1. The Kier molecular flexibility index (Phi) is 5.87. The van der Waals surface area contributed by atoms with E-state index >= 15 is 0 Å². The third-order valence-electron chi connectivity index (χ3n) is 2.29. The summed E-state index contributed by atoms with van der Waals surface area (Å²) in [7, 11) is 1.59. The summed E-state index contributed by atoms with van der Waals surface area (Å²) in [6.45, 7) is 2.72. The normalized spacial score (nSPS) is 11.9. The van der Waals surface area contributed by atoms with Crippen molar-refractivity contribution in [3.63, 3.8) is 0 Å². The van der Waals surface area contributed by atoms with Crippen LogP contribution in [0.1, 0.15) is 6.92 Å². The first-order chi connectivity index (χ1) is 8.56. The zero-order chi connectivity index (χ0) is 13.5. The number of nitrogens with zero attached hydrogens (tertiary/aromatic N) is 1. The number of aromatic nitrogens is 1. The van der Waals surface area contributed by atoms with E-state index in [2.05, 4.69) is 31.5 Å². The van der Waals surface area contributed by atoms with E-state index in [4.69, 9.17) is 10.5 Å². The van der Waals surface area contributed by atoms with E-state index in [1.165, 1.54) is 6.20 Å². The standard InChI is InChI=1S/C11H17BrN4O2/c1-7(11(17)15-3-4-18-2)16-10-8(12)5-14-6-9(10)13/h5-7H,3-4,13H2,1-2H3,(H,14,16)(H,15,17). The first-order valence-corrected chi connectivity index (χ1v) is 6.27. The molecule has 0 bridgehead atoms. The van der Waals surface area contributed by atoms with Gasteiger partial charge in [0.05, 0.1) is 28.7 Å². The van der Waals surface area contributed by atoms with Gasteiger partial charge in [0.1, 0.15) is 6.04 Å². The molecule has 1 heterocycles. The van der Waals surface area contributed by atoms with Gasteiger partial charge >= 0.3 is 0 Å². The molecule has 100 valence electrons. The van der Waals surface area contributed by atoms with Crippen LogP contribution in [-0.4, -0.2) is 37.2 Å². The highest BCUT2D eigenvalue weighted by Gasteiger charge is 2.14. The molecule has 1 aromatic rings. The molecule has 18 heavy (non-hydrogen) atoms. The van der Waals surface area contributed by atoms with E-state index in [1.807, 2.05) is 0 Å². The molecule has 6 nitrogen and oxygen atoms in total. The van der Waals surface area contributed by atoms with Gasteiger partial charge in [0, 0.05) is 19.9 Å². The fraction of sp³-hybridized carbons (Fsp3) is 0.455. The largest absolute Gasteiger partial charge is 0.396 e. The van der Waals surface area contributed by atoms with Crippen molar-refractivity contribution in [2.45, 2.75) is 13.0 Å². The number of carbonyl (C=O) groups excluding carboxylic acids is 1. The summed E-state index contributed by atoms with van der Waals surface area (Å²) in [4.78, 5) is 15.7. The van der Waals surface area contributed by atoms with E-state index in [9.17, 15) is 4.79 Å². The number of anilines is 2. The Morgan fingerprint density at radius 1 is 1.61 bits per heavy atom. The third-order valence-corrected chi connectivity index (χ3v) is 2.89. The van der Waals surface area contributed by atoms with Crippen LogP contribution in [0.3, 0.4) is 0 Å². The summed E-state index contributed by atoms with van der Waals surface area (Å²) in [5.41, 5.74) is 6.94. The molecule has 1 atom stereocenters. The van der Waals surface area contributed by atoms with Crippen LogP contribution in [0.15, 0.2) is 16.9 Å². The Hall–Kier alpha value is -1.34. The molecule has 4 N–H and O–H groups in total. The first kappa shape index (κ1) is 14.7. The number of hydrogen-bond donors (Lipinski definition) is 3. The fourth-order valence-corrected chi connectivity index (χ4v) is 1.78.